The Bertz CT molecular complexity index is 526. The van der Waals surface area contributed by atoms with E-state index in [-0.39, 0.29) is 11.5 Å². The molecule has 20 heavy (non-hydrogen) atoms. The lowest BCUT2D eigenvalue weighted by molar-refractivity contribution is 0.0674. The minimum absolute atomic E-state index is 0.0195. The Balaban J connectivity index is 1.60. The van der Waals surface area contributed by atoms with Gasteiger partial charge >= 0.3 is 0 Å². The Hall–Kier alpha value is -1.62. The van der Waals surface area contributed by atoms with Gasteiger partial charge in [-0.3, -0.25) is 9.59 Å². The summed E-state index contributed by atoms with van der Waals surface area (Å²) >= 11 is 0. The van der Waals surface area contributed by atoms with Crippen LogP contribution in [0.2, 0.25) is 0 Å². The summed E-state index contributed by atoms with van der Waals surface area (Å²) in [6.45, 7) is 2.74. The second-order valence-electron chi connectivity index (χ2n) is 5.77. The van der Waals surface area contributed by atoms with E-state index >= 15 is 0 Å². The number of aromatic amines is 1. The number of rotatable bonds is 2. The van der Waals surface area contributed by atoms with Crippen molar-refractivity contribution < 1.29 is 4.79 Å². The van der Waals surface area contributed by atoms with Crippen molar-refractivity contribution in [3.05, 3.63) is 34.2 Å². The summed E-state index contributed by atoms with van der Waals surface area (Å²) in [6, 6.07) is 3.70. The number of carbonyl (C=O) groups is 1. The first-order valence-electron chi connectivity index (χ1n) is 7.45. The van der Waals surface area contributed by atoms with E-state index in [1.54, 1.807) is 6.07 Å². The Kier molecular flexibility index (Phi) is 3.87. The highest BCUT2D eigenvalue weighted by molar-refractivity contribution is 5.94. The SMILES string of the molecule is O=C(c1cc[nH]c(=O)c1)N1CCC(C2CCCN2)CC1. The number of nitrogens with zero attached hydrogens (tertiary/aromatic N) is 1. The number of amides is 1. The number of pyridine rings is 1. The third kappa shape index (κ3) is 2.77. The molecule has 3 rings (SSSR count). The van der Waals surface area contributed by atoms with E-state index in [1.807, 2.05) is 4.90 Å². The average Bonchev–Trinajstić information content (AvgIpc) is 3.01. The zero-order valence-electron chi connectivity index (χ0n) is 11.6. The summed E-state index contributed by atoms with van der Waals surface area (Å²) < 4.78 is 0. The molecule has 0 aliphatic carbocycles. The lowest BCUT2D eigenvalue weighted by atomic mass is 9.88. The lowest BCUT2D eigenvalue weighted by Gasteiger charge is -2.34. The fraction of sp³-hybridized carbons (Fsp3) is 0.600. The second kappa shape index (κ2) is 5.79. The molecule has 2 aliphatic rings. The van der Waals surface area contributed by atoms with E-state index in [9.17, 15) is 9.59 Å². The van der Waals surface area contributed by atoms with Gasteiger partial charge in [-0.1, -0.05) is 0 Å². The van der Waals surface area contributed by atoms with Crippen LogP contribution in [-0.4, -0.2) is 41.5 Å². The average molecular weight is 275 g/mol. The summed E-state index contributed by atoms with van der Waals surface area (Å²) in [6.07, 6.45) is 6.20. The van der Waals surface area contributed by atoms with Gasteiger partial charge in [0, 0.05) is 37.0 Å². The quantitative estimate of drug-likeness (QED) is 0.845. The number of likely N-dealkylation sites (tertiary alicyclic amines) is 1. The molecule has 5 heteroatoms. The molecular weight excluding hydrogens is 254 g/mol. The highest BCUT2D eigenvalue weighted by atomic mass is 16.2. The van der Waals surface area contributed by atoms with Gasteiger partial charge in [0.25, 0.3) is 5.91 Å². The van der Waals surface area contributed by atoms with Gasteiger partial charge in [-0.2, -0.15) is 0 Å². The van der Waals surface area contributed by atoms with E-state index in [1.165, 1.54) is 25.1 Å². The third-order valence-corrected chi connectivity index (χ3v) is 4.52. The van der Waals surface area contributed by atoms with Crippen LogP contribution in [0.4, 0.5) is 0 Å². The largest absolute Gasteiger partial charge is 0.339 e. The monoisotopic (exact) mass is 275 g/mol. The smallest absolute Gasteiger partial charge is 0.254 e. The van der Waals surface area contributed by atoms with Gasteiger partial charge in [0.15, 0.2) is 0 Å². The predicted molar refractivity (Wildman–Crippen MR) is 76.7 cm³/mol. The van der Waals surface area contributed by atoms with E-state index in [4.69, 9.17) is 0 Å². The molecular formula is C15H21N3O2. The molecule has 0 saturated carbocycles. The first kappa shape index (κ1) is 13.4. The first-order chi connectivity index (χ1) is 9.74. The molecule has 2 aliphatic heterocycles. The number of nitrogens with one attached hydrogen (secondary N) is 2. The van der Waals surface area contributed by atoms with E-state index in [0.29, 0.717) is 17.5 Å². The first-order valence-corrected chi connectivity index (χ1v) is 7.45. The molecule has 2 saturated heterocycles. The minimum atomic E-state index is -0.221. The summed E-state index contributed by atoms with van der Waals surface area (Å²) in [5.74, 6) is 0.676. The third-order valence-electron chi connectivity index (χ3n) is 4.52. The van der Waals surface area contributed by atoms with E-state index < -0.39 is 0 Å². The summed E-state index contributed by atoms with van der Waals surface area (Å²) in [5, 5.41) is 3.56. The molecule has 0 bridgehead atoms. The Morgan fingerprint density at radius 1 is 1.25 bits per heavy atom. The Labute approximate surface area is 118 Å². The summed E-state index contributed by atoms with van der Waals surface area (Å²) in [4.78, 5) is 28.0. The topological polar surface area (TPSA) is 65.2 Å². The highest BCUT2D eigenvalue weighted by Gasteiger charge is 2.30. The van der Waals surface area contributed by atoms with Crippen LogP contribution in [0.3, 0.4) is 0 Å². The zero-order valence-corrected chi connectivity index (χ0v) is 11.6. The molecule has 1 atom stereocenters. The molecule has 1 aromatic rings. The maximum absolute atomic E-state index is 12.3. The fourth-order valence-electron chi connectivity index (χ4n) is 3.38. The van der Waals surface area contributed by atoms with Crippen molar-refractivity contribution in [3.63, 3.8) is 0 Å². The summed E-state index contributed by atoms with van der Waals surface area (Å²) in [7, 11) is 0. The molecule has 0 radical (unpaired) electrons. The van der Waals surface area contributed by atoms with E-state index in [0.717, 1.165) is 32.5 Å². The van der Waals surface area contributed by atoms with Crippen LogP contribution in [0.5, 0.6) is 0 Å². The van der Waals surface area contributed by atoms with Crippen LogP contribution >= 0.6 is 0 Å². The van der Waals surface area contributed by atoms with Crippen molar-refractivity contribution in [1.29, 1.82) is 0 Å². The van der Waals surface area contributed by atoms with Crippen LogP contribution in [0.1, 0.15) is 36.0 Å². The molecule has 1 unspecified atom stereocenters. The number of carbonyl (C=O) groups excluding carboxylic acids is 1. The normalized spacial score (nSPS) is 24.0. The molecule has 2 N–H and O–H groups in total. The van der Waals surface area contributed by atoms with Crippen LogP contribution in [0.25, 0.3) is 0 Å². The number of hydrogen-bond acceptors (Lipinski definition) is 3. The van der Waals surface area contributed by atoms with Crippen LogP contribution in [0.15, 0.2) is 23.1 Å². The molecule has 1 aromatic heterocycles. The van der Waals surface area contributed by atoms with Gasteiger partial charge in [-0.25, -0.2) is 0 Å². The molecule has 108 valence electrons. The highest BCUT2D eigenvalue weighted by Crippen LogP contribution is 2.26. The number of hydrogen-bond donors (Lipinski definition) is 2. The van der Waals surface area contributed by atoms with Crippen LogP contribution in [0, 0.1) is 5.92 Å². The van der Waals surface area contributed by atoms with E-state index in [2.05, 4.69) is 10.3 Å². The van der Waals surface area contributed by atoms with Crippen LogP contribution < -0.4 is 10.9 Å². The maximum atomic E-state index is 12.3. The number of aromatic nitrogens is 1. The van der Waals surface area contributed by atoms with Crippen LogP contribution in [-0.2, 0) is 0 Å². The van der Waals surface area contributed by atoms with Gasteiger partial charge in [-0.05, 0) is 44.2 Å². The molecule has 3 heterocycles. The van der Waals surface area contributed by atoms with Gasteiger partial charge in [0.05, 0.1) is 0 Å². The fourth-order valence-corrected chi connectivity index (χ4v) is 3.38. The number of piperidine rings is 1. The molecule has 2 fully saturated rings. The standard InChI is InChI=1S/C15H21N3O2/c19-14-10-12(3-7-17-14)15(20)18-8-4-11(5-9-18)13-2-1-6-16-13/h3,7,10-11,13,16H,1-2,4-6,8-9H2,(H,17,19). The van der Waals surface area contributed by atoms with Gasteiger partial charge in [0.2, 0.25) is 5.56 Å². The molecule has 1 amide bonds. The zero-order chi connectivity index (χ0) is 13.9. The van der Waals surface area contributed by atoms with Gasteiger partial charge in [0.1, 0.15) is 0 Å². The van der Waals surface area contributed by atoms with Crippen molar-refractivity contribution in [2.45, 2.75) is 31.7 Å². The minimum Gasteiger partial charge on any atom is -0.339 e. The van der Waals surface area contributed by atoms with Crippen molar-refractivity contribution >= 4 is 5.91 Å². The number of H-pyrrole nitrogens is 1. The summed E-state index contributed by atoms with van der Waals surface area (Å²) in [5.41, 5.74) is 0.270. The van der Waals surface area contributed by atoms with Gasteiger partial charge in [-0.15, -0.1) is 0 Å². The molecule has 0 aromatic carbocycles. The Morgan fingerprint density at radius 2 is 2.05 bits per heavy atom. The van der Waals surface area contributed by atoms with Crippen molar-refractivity contribution in [1.82, 2.24) is 15.2 Å². The predicted octanol–water partition coefficient (Wildman–Crippen LogP) is 0.979. The van der Waals surface area contributed by atoms with Crippen molar-refractivity contribution in [2.24, 2.45) is 5.92 Å². The lowest BCUT2D eigenvalue weighted by Crippen LogP contribution is -2.43. The van der Waals surface area contributed by atoms with Gasteiger partial charge < -0.3 is 15.2 Å². The van der Waals surface area contributed by atoms with Crippen molar-refractivity contribution in [3.8, 4) is 0 Å². The maximum Gasteiger partial charge on any atom is 0.254 e. The molecule has 0 spiro atoms. The molecule has 5 nitrogen and oxygen atoms in total. The second-order valence-corrected chi connectivity index (χ2v) is 5.77. The van der Waals surface area contributed by atoms with Crippen molar-refractivity contribution in [2.75, 3.05) is 19.6 Å². The Morgan fingerprint density at radius 3 is 2.70 bits per heavy atom.